The summed E-state index contributed by atoms with van der Waals surface area (Å²) in [5.74, 6) is -3.85. The highest BCUT2D eigenvalue weighted by Gasteiger charge is 2.32. The molecule has 0 saturated carbocycles. The maximum absolute atomic E-state index is 13.4. The summed E-state index contributed by atoms with van der Waals surface area (Å²) in [6, 6.07) is 1.11. The van der Waals surface area contributed by atoms with E-state index in [9.17, 15) is 22.0 Å². The van der Waals surface area contributed by atoms with E-state index >= 15 is 0 Å². The van der Waals surface area contributed by atoms with Gasteiger partial charge in [0.05, 0.1) is 11.8 Å². The molecule has 10 heteroatoms. The lowest BCUT2D eigenvalue weighted by molar-refractivity contribution is -0.274. The molecule has 1 rings (SSSR count). The van der Waals surface area contributed by atoms with Crippen LogP contribution in [0.2, 0.25) is 0 Å². The first-order valence-electron chi connectivity index (χ1n) is 4.53. The Kier molecular flexibility index (Phi) is 4.59. The first kappa shape index (κ1) is 15.1. The van der Waals surface area contributed by atoms with E-state index in [0.717, 1.165) is 0 Å². The highest BCUT2D eigenvalue weighted by molar-refractivity contribution is 7.80. The van der Waals surface area contributed by atoms with Crippen LogP contribution in [0.25, 0.3) is 0 Å². The number of nitrogens with zero attached hydrogens (tertiary/aromatic N) is 1. The minimum absolute atomic E-state index is 0.300. The molecule has 0 aromatic heterocycles. The van der Waals surface area contributed by atoms with Crippen molar-refractivity contribution < 1.29 is 26.7 Å². The van der Waals surface area contributed by atoms with E-state index in [1.165, 1.54) is 0 Å². The molecular weight excluding hydrogens is 293 g/mol. The number of alkyl halides is 3. The number of hydrazone groups is 1. The SMILES string of the molecule is NC(=S)NN=Cc1c(OC(F)(F)F)ccc(F)c1F. The van der Waals surface area contributed by atoms with Crippen molar-refractivity contribution in [3.63, 3.8) is 0 Å². The third-order valence-electron chi connectivity index (χ3n) is 1.69. The quantitative estimate of drug-likeness (QED) is 0.388. The Bertz CT molecular complexity index is 517. The zero-order valence-corrected chi connectivity index (χ0v) is 9.78. The second-order valence-electron chi connectivity index (χ2n) is 3.06. The molecule has 0 saturated heterocycles. The predicted molar refractivity (Wildman–Crippen MR) is 60.6 cm³/mol. The summed E-state index contributed by atoms with van der Waals surface area (Å²) in [7, 11) is 0. The topological polar surface area (TPSA) is 59.6 Å². The summed E-state index contributed by atoms with van der Waals surface area (Å²) in [4.78, 5) is 0. The average Bonchev–Trinajstić information content (AvgIpc) is 2.25. The Labute approximate surface area is 109 Å². The van der Waals surface area contributed by atoms with Crippen molar-refractivity contribution in [1.29, 1.82) is 0 Å². The molecule has 0 unspecified atom stereocenters. The third kappa shape index (κ3) is 4.66. The van der Waals surface area contributed by atoms with Gasteiger partial charge < -0.3 is 10.5 Å². The Morgan fingerprint density at radius 3 is 2.53 bits per heavy atom. The second-order valence-corrected chi connectivity index (χ2v) is 3.50. The van der Waals surface area contributed by atoms with Crippen LogP contribution < -0.4 is 15.9 Å². The average molecular weight is 299 g/mol. The van der Waals surface area contributed by atoms with Gasteiger partial charge in [0.2, 0.25) is 0 Å². The van der Waals surface area contributed by atoms with Gasteiger partial charge in [-0.05, 0) is 24.4 Å². The molecule has 0 bridgehead atoms. The molecule has 0 fully saturated rings. The van der Waals surface area contributed by atoms with Crippen LogP contribution in [0.4, 0.5) is 22.0 Å². The number of hydrogen-bond donors (Lipinski definition) is 2. The van der Waals surface area contributed by atoms with E-state index in [2.05, 4.69) is 22.1 Å². The molecule has 0 amide bonds. The van der Waals surface area contributed by atoms with Crippen LogP contribution in [0.1, 0.15) is 5.56 Å². The molecule has 4 nitrogen and oxygen atoms in total. The molecule has 0 heterocycles. The number of nitrogens with two attached hydrogens (primary N) is 1. The van der Waals surface area contributed by atoms with Crippen LogP contribution in [-0.4, -0.2) is 17.7 Å². The lowest BCUT2D eigenvalue weighted by atomic mass is 10.2. The number of thiocarbonyl (C=S) groups is 1. The van der Waals surface area contributed by atoms with Crippen LogP contribution >= 0.6 is 12.2 Å². The molecule has 3 N–H and O–H groups in total. The Morgan fingerprint density at radius 1 is 1.37 bits per heavy atom. The second kappa shape index (κ2) is 5.78. The van der Waals surface area contributed by atoms with Crippen LogP contribution in [0.15, 0.2) is 17.2 Å². The van der Waals surface area contributed by atoms with Crippen molar-refractivity contribution in [2.45, 2.75) is 6.36 Å². The van der Waals surface area contributed by atoms with Gasteiger partial charge in [-0.25, -0.2) is 8.78 Å². The van der Waals surface area contributed by atoms with Crippen molar-refractivity contribution in [1.82, 2.24) is 5.43 Å². The number of rotatable bonds is 3. The fourth-order valence-corrected chi connectivity index (χ4v) is 1.10. The Balaban J connectivity index is 3.14. The van der Waals surface area contributed by atoms with Crippen LogP contribution in [0, 0.1) is 11.6 Å². The molecular formula is C9H6F5N3OS. The van der Waals surface area contributed by atoms with Crippen molar-refractivity contribution >= 4 is 23.5 Å². The monoisotopic (exact) mass is 299 g/mol. The largest absolute Gasteiger partial charge is 0.573 e. The molecule has 104 valence electrons. The van der Waals surface area contributed by atoms with Crippen LogP contribution in [0.3, 0.4) is 0 Å². The minimum atomic E-state index is -5.05. The summed E-state index contributed by atoms with van der Waals surface area (Å²) in [5, 5.41) is 2.94. The first-order chi connectivity index (χ1) is 8.70. The highest BCUT2D eigenvalue weighted by Crippen LogP contribution is 2.28. The molecule has 19 heavy (non-hydrogen) atoms. The zero-order chi connectivity index (χ0) is 14.6. The van der Waals surface area contributed by atoms with Gasteiger partial charge >= 0.3 is 6.36 Å². The summed E-state index contributed by atoms with van der Waals surface area (Å²) in [5.41, 5.74) is 6.14. The number of halogens is 5. The standard InChI is InChI=1S/C9H6F5N3OS/c10-5-1-2-6(18-9(12,13)14)4(7(5)11)3-16-17-8(15)19/h1-3H,(H3,15,17,19). The summed E-state index contributed by atoms with van der Waals surface area (Å²) in [6.45, 7) is 0. The van der Waals surface area contributed by atoms with E-state index < -0.39 is 29.3 Å². The molecule has 1 aromatic carbocycles. The van der Waals surface area contributed by atoms with Gasteiger partial charge in [0.25, 0.3) is 0 Å². The number of nitrogens with one attached hydrogen (secondary N) is 1. The maximum atomic E-state index is 13.4. The van der Waals surface area contributed by atoms with Gasteiger partial charge in [-0.1, -0.05) is 0 Å². The highest BCUT2D eigenvalue weighted by atomic mass is 32.1. The molecule has 1 aromatic rings. The van der Waals surface area contributed by atoms with Crippen molar-refractivity contribution in [2.24, 2.45) is 10.8 Å². The van der Waals surface area contributed by atoms with E-state index in [0.29, 0.717) is 18.3 Å². The lowest BCUT2D eigenvalue weighted by Gasteiger charge is -2.11. The smallest absolute Gasteiger partial charge is 0.405 e. The van der Waals surface area contributed by atoms with Crippen molar-refractivity contribution in [2.75, 3.05) is 0 Å². The molecule has 0 aliphatic rings. The molecule has 0 aliphatic carbocycles. The van der Waals surface area contributed by atoms with Crippen molar-refractivity contribution in [3.8, 4) is 5.75 Å². The summed E-state index contributed by atoms with van der Waals surface area (Å²) < 4.78 is 66.0. The van der Waals surface area contributed by atoms with Gasteiger partial charge in [-0.3, -0.25) is 5.43 Å². The van der Waals surface area contributed by atoms with Gasteiger partial charge in [0.1, 0.15) is 5.75 Å². The fourth-order valence-electron chi connectivity index (χ4n) is 1.04. The van der Waals surface area contributed by atoms with Crippen molar-refractivity contribution in [3.05, 3.63) is 29.3 Å². The van der Waals surface area contributed by atoms with Gasteiger partial charge in [0, 0.05) is 0 Å². The third-order valence-corrected chi connectivity index (χ3v) is 1.78. The lowest BCUT2D eigenvalue weighted by Crippen LogP contribution is -2.24. The minimum Gasteiger partial charge on any atom is -0.405 e. The zero-order valence-electron chi connectivity index (χ0n) is 8.96. The molecule has 0 radical (unpaired) electrons. The van der Waals surface area contributed by atoms with E-state index in [1.807, 2.05) is 5.43 Å². The van der Waals surface area contributed by atoms with E-state index in [-0.39, 0.29) is 5.11 Å². The van der Waals surface area contributed by atoms with Gasteiger partial charge in [-0.15, -0.1) is 13.2 Å². The fraction of sp³-hybridized carbons (Fsp3) is 0.111. The molecule has 0 atom stereocenters. The van der Waals surface area contributed by atoms with Crippen LogP contribution in [0.5, 0.6) is 5.75 Å². The number of benzene rings is 1. The van der Waals surface area contributed by atoms with Gasteiger partial charge in [-0.2, -0.15) is 5.10 Å². The van der Waals surface area contributed by atoms with E-state index in [1.54, 1.807) is 0 Å². The summed E-state index contributed by atoms with van der Waals surface area (Å²) >= 11 is 4.36. The Hall–Kier alpha value is -1.97. The predicted octanol–water partition coefficient (Wildman–Crippen LogP) is 2.03. The number of hydrogen-bond acceptors (Lipinski definition) is 3. The summed E-state index contributed by atoms with van der Waals surface area (Å²) in [6.07, 6.45) is -4.48. The normalized spacial score (nSPS) is 11.6. The van der Waals surface area contributed by atoms with Crippen LogP contribution in [-0.2, 0) is 0 Å². The van der Waals surface area contributed by atoms with Gasteiger partial charge in [0.15, 0.2) is 16.7 Å². The molecule has 0 aliphatic heterocycles. The van der Waals surface area contributed by atoms with E-state index in [4.69, 9.17) is 5.73 Å². The Morgan fingerprint density at radius 2 is 2.00 bits per heavy atom. The first-order valence-corrected chi connectivity index (χ1v) is 4.94. The maximum Gasteiger partial charge on any atom is 0.573 e. The molecule has 0 spiro atoms. The number of ether oxygens (including phenoxy) is 1.